The zero-order valence-electron chi connectivity index (χ0n) is 15.2. The largest absolute Gasteiger partial charge is 0.455 e. The van der Waals surface area contributed by atoms with E-state index in [-0.39, 0.29) is 18.3 Å². The Hall–Kier alpha value is -2.38. The van der Waals surface area contributed by atoms with E-state index in [1.165, 1.54) is 28.7 Å². The number of carbonyl (C=O) groups excluding carboxylic acids is 2. The minimum atomic E-state index is -0.420. The second-order valence-electron chi connectivity index (χ2n) is 6.13. The smallest absolute Gasteiger partial charge is 0.316 e. The molecule has 27 heavy (non-hydrogen) atoms. The summed E-state index contributed by atoms with van der Waals surface area (Å²) < 4.78 is 7.00. The molecule has 5 nitrogen and oxygen atoms in total. The van der Waals surface area contributed by atoms with Crippen LogP contribution >= 0.6 is 23.1 Å². The lowest BCUT2D eigenvalue weighted by Crippen LogP contribution is -2.31. The quantitative estimate of drug-likeness (QED) is 0.445. The van der Waals surface area contributed by atoms with Crippen molar-refractivity contribution in [1.29, 1.82) is 0 Å². The number of fused-ring (bicyclic) bond motifs is 1. The second-order valence-corrected chi connectivity index (χ2v) is 8.39. The van der Waals surface area contributed by atoms with E-state index < -0.39 is 5.97 Å². The molecule has 1 aromatic heterocycles. The molecule has 3 rings (SSSR count). The van der Waals surface area contributed by atoms with Crippen LogP contribution in [0.2, 0.25) is 0 Å². The normalized spacial score (nSPS) is 10.7. The number of benzene rings is 2. The zero-order chi connectivity index (χ0) is 19.2. The lowest BCUT2D eigenvalue weighted by atomic mass is 10.1. The number of aryl methyl sites for hydroxylation is 1. The van der Waals surface area contributed by atoms with Crippen molar-refractivity contribution in [2.24, 2.45) is 0 Å². The van der Waals surface area contributed by atoms with Gasteiger partial charge in [-0.1, -0.05) is 53.7 Å². The van der Waals surface area contributed by atoms with Crippen LogP contribution in [0, 0.1) is 6.92 Å². The Morgan fingerprint density at radius 2 is 1.89 bits per heavy atom. The van der Waals surface area contributed by atoms with E-state index in [4.69, 9.17) is 4.74 Å². The summed E-state index contributed by atoms with van der Waals surface area (Å²) in [6.45, 7) is 2.25. The van der Waals surface area contributed by atoms with Crippen LogP contribution < -0.4 is 0 Å². The molecular formula is C20H20N2O3S2. The third-order valence-electron chi connectivity index (χ3n) is 3.91. The van der Waals surface area contributed by atoms with Gasteiger partial charge in [-0.2, -0.15) is 0 Å². The maximum absolute atomic E-state index is 12.1. The average Bonchev–Trinajstić information content (AvgIpc) is 3.09. The molecule has 140 valence electrons. The summed E-state index contributed by atoms with van der Waals surface area (Å²) in [7, 11) is 1.70. The van der Waals surface area contributed by atoms with Crippen molar-refractivity contribution in [2.75, 3.05) is 19.4 Å². The molecule has 0 atom stereocenters. The van der Waals surface area contributed by atoms with Crippen LogP contribution in [0.25, 0.3) is 10.2 Å². The predicted molar refractivity (Wildman–Crippen MR) is 109 cm³/mol. The molecule has 0 fully saturated rings. The molecule has 1 heterocycles. The van der Waals surface area contributed by atoms with Crippen molar-refractivity contribution in [3.63, 3.8) is 0 Å². The number of thioether (sulfide) groups is 1. The second kappa shape index (κ2) is 9.01. The average molecular weight is 401 g/mol. The number of amides is 1. The minimum Gasteiger partial charge on any atom is -0.455 e. The molecule has 0 aliphatic heterocycles. The molecule has 0 saturated carbocycles. The number of ether oxygens (including phenoxy) is 1. The Bertz CT molecular complexity index is 905. The molecule has 0 N–H and O–H groups in total. The summed E-state index contributed by atoms with van der Waals surface area (Å²) in [6.07, 6.45) is 0. The van der Waals surface area contributed by atoms with Crippen LogP contribution in [-0.2, 0) is 20.9 Å². The van der Waals surface area contributed by atoms with Crippen molar-refractivity contribution in [2.45, 2.75) is 17.8 Å². The molecule has 1 amide bonds. The van der Waals surface area contributed by atoms with Gasteiger partial charge in [0.2, 0.25) is 0 Å². The number of aromatic nitrogens is 1. The Labute approximate surface area is 166 Å². The highest BCUT2D eigenvalue weighted by Gasteiger charge is 2.14. The molecule has 0 bridgehead atoms. The van der Waals surface area contributed by atoms with Gasteiger partial charge in [0.15, 0.2) is 10.9 Å². The summed E-state index contributed by atoms with van der Waals surface area (Å²) in [5, 5.41) is 0. The van der Waals surface area contributed by atoms with Gasteiger partial charge < -0.3 is 9.64 Å². The number of carbonyl (C=O) groups is 2. The molecule has 0 saturated heterocycles. The van der Waals surface area contributed by atoms with Crippen molar-refractivity contribution in [1.82, 2.24) is 9.88 Å². The number of nitrogens with zero attached hydrogens (tertiary/aromatic N) is 2. The number of likely N-dealkylation sites (N-methyl/N-ethyl adjacent to an activating group) is 1. The Morgan fingerprint density at radius 1 is 1.15 bits per heavy atom. The topological polar surface area (TPSA) is 59.5 Å². The highest BCUT2D eigenvalue weighted by Crippen LogP contribution is 2.29. The molecule has 7 heteroatoms. The number of hydrogen-bond acceptors (Lipinski definition) is 6. The number of hydrogen-bond donors (Lipinski definition) is 0. The summed E-state index contributed by atoms with van der Waals surface area (Å²) >= 11 is 2.87. The highest BCUT2D eigenvalue weighted by molar-refractivity contribution is 8.01. The Morgan fingerprint density at radius 3 is 2.63 bits per heavy atom. The molecular weight excluding hydrogens is 380 g/mol. The van der Waals surface area contributed by atoms with E-state index >= 15 is 0 Å². The van der Waals surface area contributed by atoms with E-state index in [1.54, 1.807) is 11.9 Å². The van der Waals surface area contributed by atoms with Gasteiger partial charge in [0.1, 0.15) is 0 Å². The van der Waals surface area contributed by atoms with Crippen LogP contribution in [0.5, 0.6) is 0 Å². The van der Waals surface area contributed by atoms with Crippen LogP contribution in [0.1, 0.15) is 11.1 Å². The Kier molecular flexibility index (Phi) is 6.47. The van der Waals surface area contributed by atoms with E-state index in [2.05, 4.69) is 4.98 Å². The standard InChI is InChI=1S/C20H20N2O3S2/c1-14-7-9-15(10-8-14)11-22(2)18(23)12-25-19(24)13-26-20-21-16-5-3-4-6-17(16)27-20/h3-10H,11-13H2,1-2H3. The van der Waals surface area contributed by atoms with Gasteiger partial charge in [0.25, 0.3) is 5.91 Å². The molecule has 0 aliphatic carbocycles. The third kappa shape index (κ3) is 5.55. The lowest BCUT2D eigenvalue weighted by Gasteiger charge is -2.17. The first-order chi connectivity index (χ1) is 13.0. The fraction of sp³-hybridized carbons (Fsp3) is 0.250. The van der Waals surface area contributed by atoms with Gasteiger partial charge in [-0.15, -0.1) is 11.3 Å². The van der Waals surface area contributed by atoms with Crippen LogP contribution in [-0.4, -0.2) is 41.2 Å². The van der Waals surface area contributed by atoms with Gasteiger partial charge in [0.05, 0.1) is 16.0 Å². The predicted octanol–water partition coefficient (Wildman–Crippen LogP) is 3.90. The summed E-state index contributed by atoms with van der Waals surface area (Å²) in [4.78, 5) is 30.1. The summed E-state index contributed by atoms with van der Waals surface area (Å²) in [5.74, 6) is -0.514. The molecule has 3 aromatic rings. The van der Waals surface area contributed by atoms with E-state index in [0.29, 0.717) is 6.54 Å². The van der Waals surface area contributed by atoms with Crippen molar-refractivity contribution < 1.29 is 14.3 Å². The highest BCUT2D eigenvalue weighted by atomic mass is 32.2. The van der Waals surface area contributed by atoms with E-state index in [1.807, 2.05) is 55.5 Å². The van der Waals surface area contributed by atoms with Crippen LogP contribution in [0.15, 0.2) is 52.9 Å². The molecule has 2 aromatic carbocycles. The van der Waals surface area contributed by atoms with Gasteiger partial charge in [-0.25, -0.2) is 4.98 Å². The number of esters is 1. The van der Waals surface area contributed by atoms with Crippen molar-refractivity contribution >= 4 is 45.2 Å². The third-order valence-corrected chi connectivity index (χ3v) is 6.06. The van der Waals surface area contributed by atoms with Gasteiger partial charge in [-0.3, -0.25) is 9.59 Å². The van der Waals surface area contributed by atoms with Gasteiger partial charge in [0, 0.05) is 13.6 Å². The molecule has 0 unspecified atom stereocenters. The minimum absolute atomic E-state index is 0.134. The number of thiazole rings is 1. The molecule has 0 radical (unpaired) electrons. The van der Waals surface area contributed by atoms with E-state index in [9.17, 15) is 9.59 Å². The maximum Gasteiger partial charge on any atom is 0.316 e. The summed E-state index contributed by atoms with van der Waals surface area (Å²) in [6, 6.07) is 15.8. The molecule has 0 aliphatic rings. The van der Waals surface area contributed by atoms with Crippen LogP contribution in [0.3, 0.4) is 0 Å². The maximum atomic E-state index is 12.1. The lowest BCUT2D eigenvalue weighted by molar-refractivity contribution is -0.149. The monoisotopic (exact) mass is 400 g/mol. The van der Waals surface area contributed by atoms with Gasteiger partial charge >= 0.3 is 5.97 Å². The fourth-order valence-corrected chi connectivity index (χ4v) is 4.25. The van der Waals surface area contributed by atoms with Crippen molar-refractivity contribution in [3.8, 4) is 0 Å². The molecule has 0 spiro atoms. The first kappa shape index (κ1) is 19.4. The Balaban J connectivity index is 1.42. The summed E-state index contributed by atoms with van der Waals surface area (Å²) in [5.41, 5.74) is 3.13. The van der Waals surface area contributed by atoms with Gasteiger partial charge in [-0.05, 0) is 24.6 Å². The number of para-hydroxylation sites is 1. The van der Waals surface area contributed by atoms with Crippen molar-refractivity contribution in [3.05, 3.63) is 59.7 Å². The fourth-order valence-electron chi connectivity index (χ4n) is 2.38. The first-order valence-corrected chi connectivity index (χ1v) is 10.2. The number of rotatable bonds is 7. The van der Waals surface area contributed by atoms with Crippen LogP contribution in [0.4, 0.5) is 0 Å². The first-order valence-electron chi connectivity index (χ1n) is 8.45. The SMILES string of the molecule is Cc1ccc(CN(C)C(=O)COC(=O)CSc2nc3ccccc3s2)cc1. The van der Waals surface area contributed by atoms with E-state index in [0.717, 1.165) is 20.1 Å². The zero-order valence-corrected chi connectivity index (χ0v) is 16.8.